The molecule has 0 fully saturated rings. The number of H-pyrrole nitrogens is 1. The summed E-state index contributed by atoms with van der Waals surface area (Å²) in [6.45, 7) is 3.97. The van der Waals surface area contributed by atoms with Gasteiger partial charge in [-0.3, -0.25) is 4.79 Å². The first-order valence-corrected chi connectivity index (χ1v) is 7.68. The van der Waals surface area contributed by atoms with Crippen LogP contribution in [0.2, 0.25) is 0 Å². The lowest BCUT2D eigenvalue weighted by molar-refractivity contribution is 1.13. The number of para-hydroxylation sites is 1. The highest BCUT2D eigenvalue weighted by Crippen LogP contribution is 2.24. The van der Waals surface area contributed by atoms with Crippen LogP contribution in [-0.4, -0.2) is 9.97 Å². The summed E-state index contributed by atoms with van der Waals surface area (Å²) in [4.78, 5) is 21.6. The third kappa shape index (κ3) is 2.77. The van der Waals surface area contributed by atoms with Crippen LogP contribution in [0.4, 0.5) is 0 Å². The van der Waals surface area contributed by atoms with Crippen molar-refractivity contribution in [2.24, 2.45) is 0 Å². The summed E-state index contributed by atoms with van der Waals surface area (Å²) in [5, 5.41) is 1.01. The standard InChI is InChI=1S/C16H13ClN2OS/c1-9-4-3-5-12-14(9)18-15(19-16(12)20)13(17)8-11-7-6-10(2)21-11/h3-8H,1-2H3,(H,18,19,20)/b13-8-. The lowest BCUT2D eigenvalue weighted by Gasteiger charge is -2.04. The van der Waals surface area contributed by atoms with Gasteiger partial charge in [0, 0.05) is 9.75 Å². The molecule has 0 aliphatic heterocycles. The third-order valence-corrected chi connectivity index (χ3v) is 4.43. The minimum Gasteiger partial charge on any atom is -0.305 e. The summed E-state index contributed by atoms with van der Waals surface area (Å²) < 4.78 is 0. The van der Waals surface area contributed by atoms with Crippen LogP contribution >= 0.6 is 22.9 Å². The van der Waals surface area contributed by atoms with Gasteiger partial charge < -0.3 is 4.98 Å². The van der Waals surface area contributed by atoms with E-state index >= 15 is 0 Å². The zero-order chi connectivity index (χ0) is 15.0. The first-order valence-electron chi connectivity index (χ1n) is 6.48. The number of aromatic amines is 1. The van der Waals surface area contributed by atoms with Gasteiger partial charge in [-0.05, 0) is 43.7 Å². The molecule has 0 spiro atoms. The maximum absolute atomic E-state index is 12.1. The largest absolute Gasteiger partial charge is 0.305 e. The van der Waals surface area contributed by atoms with E-state index in [0.717, 1.165) is 10.4 Å². The van der Waals surface area contributed by atoms with Gasteiger partial charge in [-0.15, -0.1) is 11.3 Å². The predicted molar refractivity (Wildman–Crippen MR) is 89.9 cm³/mol. The SMILES string of the molecule is Cc1ccc(/C=C(\Cl)c2nc3c(C)cccc3c(=O)[nH]2)s1. The summed E-state index contributed by atoms with van der Waals surface area (Å²) in [6.07, 6.45) is 1.82. The van der Waals surface area contributed by atoms with Crippen LogP contribution in [0.3, 0.4) is 0 Å². The van der Waals surface area contributed by atoms with Crippen LogP contribution in [0, 0.1) is 13.8 Å². The number of halogens is 1. The van der Waals surface area contributed by atoms with Gasteiger partial charge in [-0.1, -0.05) is 23.7 Å². The van der Waals surface area contributed by atoms with E-state index in [9.17, 15) is 4.79 Å². The topological polar surface area (TPSA) is 45.8 Å². The van der Waals surface area contributed by atoms with Gasteiger partial charge in [-0.2, -0.15) is 0 Å². The van der Waals surface area contributed by atoms with Gasteiger partial charge in [0.05, 0.1) is 15.9 Å². The van der Waals surface area contributed by atoms with E-state index in [2.05, 4.69) is 9.97 Å². The van der Waals surface area contributed by atoms with Crippen molar-refractivity contribution in [1.82, 2.24) is 9.97 Å². The molecule has 0 unspecified atom stereocenters. The first-order chi connectivity index (χ1) is 10.0. The summed E-state index contributed by atoms with van der Waals surface area (Å²) in [7, 11) is 0. The quantitative estimate of drug-likeness (QED) is 0.764. The second kappa shape index (κ2) is 5.47. The molecule has 2 aromatic heterocycles. The van der Waals surface area contributed by atoms with E-state index in [4.69, 9.17) is 11.6 Å². The number of hydrogen-bond donors (Lipinski definition) is 1. The number of benzene rings is 1. The van der Waals surface area contributed by atoms with Gasteiger partial charge in [0.15, 0.2) is 5.82 Å². The molecule has 2 heterocycles. The van der Waals surface area contributed by atoms with Crippen molar-refractivity contribution in [3.8, 4) is 0 Å². The first kappa shape index (κ1) is 14.0. The Balaban J connectivity index is 2.14. The molecule has 0 aliphatic carbocycles. The molecule has 0 aliphatic rings. The van der Waals surface area contributed by atoms with Crippen LogP contribution in [0.15, 0.2) is 35.1 Å². The summed E-state index contributed by atoms with van der Waals surface area (Å²) >= 11 is 7.95. The molecule has 1 aromatic carbocycles. The molecule has 5 heteroatoms. The smallest absolute Gasteiger partial charge is 0.259 e. The number of nitrogens with one attached hydrogen (secondary N) is 1. The van der Waals surface area contributed by atoms with Gasteiger partial charge >= 0.3 is 0 Å². The minimum atomic E-state index is -0.174. The maximum Gasteiger partial charge on any atom is 0.259 e. The van der Waals surface area contributed by atoms with Gasteiger partial charge in [0.25, 0.3) is 5.56 Å². The Kier molecular flexibility index (Phi) is 3.66. The highest BCUT2D eigenvalue weighted by atomic mass is 35.5. The third-order valence-electron chi connectivity index (χ3n) is 3.19. The Bertz CT molecular complexity index is 908. The summed E-state index contributed by atoms with van der Waals surface area (Å²) in [5.74, 6) is 0.398. The van der Waals surface area contributed by atoms with Crippen molar-refractivity contribution < 1.29 is 0 Å². The summed E-state index contributed by atoms with van der Waals surface area (Å²) in [6, 6.07) is 9.56. The van der Waals surface area contributed by atoms with Crippen molar-refractivity contribution in [3.63, 3.8) is 0 Å². The van der Waals surface area contributed by atoms with Gasteiger partial charge in [0.2, 0.25) is 0 Å². The molecule has 1 N–H and O–H groups in total. The van der Waals surface area contributed by atoms with Crippen molar-refractivity contribution in [1.29, 1.82) is 0 Å². The molecule has 3 aromatic rings. The average molecular weight is 317 g/mol. The molecule has 0 saturated carbocycles. The Hall–Kier alpha value is -1.91. The number of hydrogen-bond acceptors (Lipinski definition) is 3. The Labute approximate surface area is 130 Å². The molecule has 0 atom stereocenters. The number of aryl methyl sites for hydroxylation is 2. The number of rotatable bonds is 2. The van der Waals surface area contributed by atoms with Crippen LogP contribution in [0.5, 0.6) is 0 Å². The molecular formula is C16H13ClN2OS. The van der Waals surface area contributed by atoms with Crippen molar-refractivity contribution in [2.45, 2.75) is 13.8 Å². The van der Waals surface area contributed by atoms with Crippen LogP contribution in [-0.2, 0) is 0 Å². The number of thiophene rings is 1. The fourth-order valence-corrected chi connectivity index (χ4v) is 3.24. The van der Waals surface area contributed by atoms with E-state index < -0.39 is 0 Å². The molecule has 21 heavy (non-hydrogen) atoms. The second-order valence-electron chi connectivity index (χ2n) is 4.83. The number of fused-ring (bicyclic) bond motifs is 1. The molecule has 3 nitrogen and oxygen atoms in total. The van der Waals surface area contributed by atoms with E-state index in [0.29, 0.717) is 21.8 Å². The van der Waals surface area contributed by atoms with E-state index in [1.807, 2.05) is 44.2 Å². The summed E-state index contributed by atoms with van der Waals surface area (Å²) in [5.41, 5.74) is 1.47. The predicted octanol–water partition coefficient (Wildman–Crippen LogP) is 4.34. The van der Waals surface area contributed by atoms with E-state index in [-0.39, 0.29) is 5.56 Å². The number of aromatic nitrogens is 2. The molecule has 0 saturated heterocycles. The normalized spacial score (nSPS) is 12.0. The van der Waals surface area contributed by atoms with Gasteiger partial charge in [0.1, 0.15) is 0 Å². The lowest BCUT2D eigenvalue weighted by atomic mass is 10.1. The molecular weight excluding hydrogens is 304 g/mol. The zero-order valence-corrected chi connectivity index (χ0v) is 13.2. The Morgan fingerprint density at radius 3 is 2.81 bits per heavy atom. The monoisotopic (exact) mass is 316 g/mol. The highest BCUT2D eigenvalue weighted by molar-refractivity contribution is 7.12. The van der Waals surface area contributed by atoms with Crippen molar-refractivity contribution >= 4 is 44.9 Å². The zero-order valence-electron chi connectivity index (χ0n) is 11.6. The van der Waals surface area contributed by atoms with E-state index in [1.165, 1.54) is 4.88 Å². The fraction of sp³-hybridized carbons (Fsp3) is 0.125. The highest BCUT2D eigenvalue weighted by Gasteiger charge is 2.08. The average Bonchev–Trinajstić information content (AvgIpc) is 2.85. The minimum absolute atomic E-state index is 0.174. The molecule has 3 rings (SSSR count). The van der Waals surface area contributed by atoms with Crippen LogP contribution in [0.1, 0.15) is 21.1 Å². The Morgan fingerprint density at radius 2 is 2.10 bits per heavy atom. The van der Waals surface area contributed by atoms with E-state index in [1.54, 1.807) is 17.4 Å². The van der Waals surface area contributed by atoms with Crippen molar-refractivity contribution in [3.05, 3.63) is 61.8 Å². The molecule has 0 bridgehead atoms. The van der Waals surface area contributed by atoms with Crippen molar-refractivity contribution in [2.75, 3.05) is 0 Å². The molecule has 0 amide bonds. The van der Waals surface area contributed by atoms with Crippen LogP contribution in [0.25, 0.3) is 22.0 Å². The number of nitrogens with zero attached hydrogens (tertiary/aromatic N) is 1. The van der Waals surface area contributed by atoms with Gasteiger partial charge in [-0.25, -0.2) is 4.98 Å². The molecule has 106 valence electrons. The second-order valence-corrected chi connectivity index (χ2v) is 6.55. The van der Waals surface area contributed by atoms with Crippen LogP contribution < -0.4 is 5.56 Å². The fourth-order valence-electron chi connectivity index (χ4n) is 2.14. The lowest BCUT2D eigenvalue weighted by Crippen LogP contribution is -2.11. The Morgan fingerprint density at radius 1 is 1.29 bits per heavy atom. The molecule has 0 radical (unpaired) electrons. The maximum atomic E-state index is 12.1.